The fraction of sp³-hybridized carbons (Fsp3) is 0.227. The van der Waals surface area contributed by atoms with Crippen LogP contribution in [-0.2, 0) is 5.41 Å². The summed E-state index contributed by atoms with van der Waals surface area (Å²) in [5.41, 5.74) is 2.99. The number of carbonyl (C=O) groups excluding carboxylic acids is 1. The van der Waals surface area contributed by atoms with E-state index >= 15 is 0 Å². The average Bonchev–Trinajstić information content (AvgIpc) is 2.97. The zero-order valence-electron chi connectivity index (χ0n) is 15.7. The molecule has 0 saturated carbocycles. The van der Waals surface area contributed by atoms with Gasteiger partial charge in [0.15, 0.2) is 4.96 Å². The van der Waals surface area contributed by atoms with E-state index in [0.29, 0.717) is 32.0 Å². The Morgan fingerprint density at radius 3 is 2.37 bits per heavy atom. The average molecular weight is 376 g/mol. The van der Waals surface area contributed by atoms with Gasteiger partial charge in [0.1, 0.15) is 0 Å². The third kappa shape index (κ3) is 2.88. The maximum Gasteiger partial charge on any atom is 0.266 e. The molecule has 0 bridgehead atoms. The van der Waals surface area contributed by atoms with E-state index in [1.54, 1.807) is 17.4 Å². The number of aryl methyl sites for hydroxylation is 1. The molecule has 4 nitrogen and oxygen atoms in total. The zero-order valence-corrected chi connectivity index (χ0v) is 16.6. The lowest BCUT2D eigenvalue weighted by Crippen LogP contribution is -2.15. The van der Waals surface area contributed by atoms with Gasteiger partial charge in [-0.05, 0) is 30.0 Å². The first-order valence-corrected chi connectivity index (χ1v) is 9.65. The Balaban J connectivity index is 1.85. The Kier molecular flexibility index (Phi) is 4.00. The highest BCUT2D eigenvalue weighted by molar-refractivity contribution is 7.19. The van der Waals surface area contributed by atoms with Crippen molar-refractivity contribution in [2.45, 2.75) is 33.1 Å². The monoisotopic (exact) mass is 376 g/mol. The van der Waals surface area contributed by atoms with Gasteiger partial charge in [0.25, 0.3) is 5.56 Å². The Morgan fingerprint density at radius 1 is 1.04 bits per heavy atom. The molecule has 0 radical (unpaired) electrons. The van der Waals surface area contributed by atoms with Crippen LogP contribution in [0.5, 0.6) is 0 Å². The van der Waals surface area contributed by atoms with Crippen LogP contribution >= 0.6 is 11.3 Å². The summed E-state index contributed by atoms with van der Waals surface area (Å²) in [5.74, 6) is -0.0769. The smallest absolute Gasteiger partial charge is 0.266 e. The van der Waals surface area contributed by atoms with Crippen LogP contribution in [0.4, 0.5) is 0 Å². The molecular weight excluding hydrogens is 356 g/mol. The number of thiazole rings is 1. The first-order valence-electron chi connectivity index (χ1n) is 8.83. The van der Waals surface area contributed by atoms with Gasteiger partial charge in [0, 0.05) is 11.3 Å². The quantitative estimate of drug-likeness (QED) is 0.475. The van der Waals surface area contributed by atoms with Crippen molar-refractivity contribution in [3.8, 4) is 0 Å². The van der Waals surface area contributed by atoms with Crippen molar-refractivity contribution in [2.75, 3.05) is 0 Å². The van der Waals surface area contributed by atoms with Crippen LogP contribution in [-0.4, -0.2) is 15.2 Å². The first-order chi connectivity index (χ1) is 12.8. The molecule has 0 unspecified atom stereocenters. The van der Waals surface area contributed by atoms with Crippen molar-refractivity contribution >= 4 is 33.0 Å². The topological polar surface area (TPSA) is 51.4 Å². The summed E-state index contributed by atoms with van der Waals surface area (Å²) in [6.07, 6.45) is 0. The highest BCUT2D eigenvalue weighted by Crippen LogP contribution is 2.27. The lowest BCUT2D eigenvalue weighted by atomic mass is 9.86. The minimum atomic E-state index is -0.133. The van der Waals surface area contributed by atoms with Gasteiger partial charge in [-0.3, -0.25) is 14.0 Å². The number of carbonyl (C=O) groups is 1. The summed E-state index contributed by atoms with van der Waals surface area (Å²) in [7, 11) is 0. The van der Waals surface area contributed by atoms with Gasteiger partial charge in [-0.15, -0.1) is 0 Å². The zero-order chi connectivity index (χ0) is 19.3. The second-order valence-corrected chi connectivity index (χ2v) is 8.70. The van der Waals surface area contributed by atoms with E-state index in [9.17, 15) is 9.59 Å². The fourth-order valence-electron chi connectivity index (χ4n) is 3.21. The van der Waals surface area contributed by atoms with Gasteiger partial charge >= 0.3 is 0 Å². The van der Waals surface area contributed by atoms with Crippen LogP contribution in [0.15, 0.2) is 53.3 Å². The van der Waals surface area contributed by atoms with E-state index in [0.717, 1.165) is 0 Å². The lowest BCUT2D eigenvalue weighted by Gasteiger charge is -2.18. The number of ketones is 1. The van der Waals surface area contributed by atoms with Gasteiger partial charge in [-0.25, -0.2) is 4.98 Å². The molecule has 2 aromatic heterocycles. The molecule has 0 aliphatic carbocycles. The third-order valence-electron chi connectivity index (χ3n) is 4.82. The van der Waals surface area contributed by atoms with Crippen molar-refractivity contribution in [3.63, 3.8) is 0 Å². The van der Waals surface area contributed by atoms with Gasteiger partial charge in [0.05, 0.1) is 15.8 Å². The summed E-state index contributed by atoms with van der Waals surface area (Å²) >= 11 is 1.27. The summed E-state index contributed by atoms with van der Waals surface area (Å²) < 4.78 is 1.55. The molecule has 5 heteroatoms. The van der Waals surface area contributed by atoms with Gasteiger partial charge in [-0.2, -0.15) is 0 Å². The van der Waals surface area contributed by atoms with Crippen LogP contribution in [0.25, 0.3) is 15.9 Å². The Hall–Kier alpha value is -2.79. The van der Waals surface area contributed by atoms with Crippen LogP contribution < -0.4 is 5.56 Å². The molecule has 0 saturated heterocycles. The number of hydrogen-bond donors (Lipinski definition) is 0. The predicted octanol–water partition coefficient (Wildman–Crippen LogP) is 4.75. The van der Waals surface area contributed by atoms with E-state index in [-0.39, 0.29) is 16.8 Å². The first kappa shape index (κ1) is 17.6. The molecule has 0 aliphatic heterocycles. The highest BCUT2D eigenvalue weighted by Gasteiger charge is 2.21. The summed E-state index contributed by atoms with van der Waals surface area (Å²) in [4.78, 5) is 31.6. The maximum atomic E-state index is 13.1. The summed E-state index contributed by atoms with van der Waals surface area (Å²) in [6, 6.07) is 15.0. The predicted molar refractivity (Wildman–Crippen MR) is 110 cm³/mol. The highest BCUT2D eigenvalue weighted by atomic mass is 32.1. The van der Waals surface area contributed by atoms with E-state index in [1.165, 1.54) is 16.9 Å². The molecule has 0 aliphatic rings. The molecule has 136 valence electrons. The summed E-state index contributed by atoms with van der Waals surface area (Å²) in [5, 5.41) is 0.560. The largest absolute Gasteiger partial charge is 0.288 e. The molecule has 2 aromatic carbocycles. The molecule has 0 atom stereocenters. The molecule has 4 rings (SSSR count). The van der Waals surface area contributed by atoms with E-state index < -0.39 is 0 Å². The molecule has 0 spiro atoms. The summed E-state index contributed by atoms with van der Waals surface area (Å²) in [6.45, 7) is 8.23. The van der Waals surface area contributed by atoms with Crippen LogP contribution in [0.3, 0.4) is 0 Å². The van der Waals surface area contributed by atoms with Gasteiger partial charge < -0.3 is 0 Å². The molecule has 2 heterocycles. The molecule has 4 aromatic rings. The Labute approximate surface area is 161 Å². The van der Waals surface area contributed by atoms with Crippen LogP contribution in [0.2, 0.25) is 0 Å². The molecule has 0 fully saturated rings. The second-order valence-electron chi connectivity index (χ2n) is 7.73. The third-order valence-corrected chi connectivity index (χ3v) is 5.96. The van der Waals surface area contributed by atoms with Gasteiger partial charge in [0.2, 0.25) is 5.78 Å². The molecule has 0 amide bonds. The molecule has 27 heavy (non-hydrogen) atoms. The lowest BCUT2D eigenvalue weighted by molar-refractivity contribution is 0.104. The number of aromatic nitrogens is 2. The molecular formula is C22H20N2O2S. The standard InChI is InChI=1S/C22H20N2O2S/c1-13-19(18(25)14-9-11-15(12-10-14)22(2,3)4)27-21-23-17-8-6-5-7-16(17)20(26)24(13)21/h5-12H,1-4H3. The van der Waals surface area contributed by atoms with Crippen LogP contribution in [0, 0.1) is 6.92 Å². The number of fused-ring (bicyclic) bond motifs is 2. The number of rotatable bonds is 2. The van der Waals surface area contributed by atoms with Crippen molar-refractivity contribution in [2.24, 2.45) is 0 Å². The molecule has 0 N–H and O–H groups in total. The minimum absolute atomic E-state index is 0.0342. The second kappa shape index (κ2) is 6.13. The van der Waals surface area contributed by atoms with Gasteiger partial charge in [-0.1, -0.05) is 68.5 Å². The number of hydrogen-bond acceptors (Lipinski definition) is 4. The van der Waals surface area contributed by atoms with Crippen molar-refractivity contribution < 1.29 is 4.79 Å². The number of benzene rings is 2. The van der Waals surface area contributed by atoms with E-state index in [1.807, 2.05) is 42.5 Å². The van der Waals surface area contributed by atoms with E-state index in [2.05, 4.69) is 25.8 Å². The van der Waals surface area contributed by atoms with Crippen LogP contribution in [0.1, 0.15) is 47.3 Å². The number of para-hydroxylation sites is 1. The minimum Gasteiger partial charge on any atom is -0.288 e. The Morgan fingerprint density at radius 2 is 1.70 bits per heavy atom. The van der Waals surface area contributed by atoms with Crippen molar-refractivity contribution in [1.29, 1.82) is 0 Å². The normalized spacial score (nSPS) is 12.0. The van der Waals surface area contributed by atoms with Crippen molar-refractivity contribution in [3.05, 3.63) is 80.6 Å². The SMILES string of the molecule is Cc1c(C(=O)c2ccc(C(C)(C)C)cc2)sc2nc3ccccc3c(=O)n12. The fourth-order valence-corrected chi connectivity index (χ4v) is 4.29. The number of nitrogens with zero attached hydrogens (tertiary/aromatic N) is 2. The van der Waals surface area contributed by atoms with Crippen molar-refractivity contribution in [1.82, 2.24) is 9.38 Å². The maximum absolute atomic E-state index is 13.1. The van der Waals surface area contributed by atoms with E-state index in [4.69, 9.17) is 0 Å². The Bertz CT molecular complexity index is 1240.